The summed E-state index contributed by atoms with van der Waals surface area (Å²) in [5.41, 5.74) is 4.71. The van der Waals surface area contributed by atoms with E-state index in [1.165, 1.54) is 0 Å². The molecule has 1 rings (SSSR count). The van der Waals surface area contributed by atoms with Gasteiger partial charge < -0.3 is 10.8 Å². The standard InChI is InChI=1S/C7H12N4O3/c1-7(3-8,4-12)6-5(11(13)14)2-9-10-6/h2,12H,3-4,8H2,1H3,(H,9,10). The summed E-state index contributed by atoms with van der Waals surface area (Å²) >= 11 is 0. The van der Waals surface area contributed by atoms with Gasteiger partial charge in [0.25, 0.3) is 0 Å². The van der Waals surface area contributed by atoms with E-state index >= 15 is 0 Å². The van der Waals surface area contributed by atoms with Gasteiger partial charge in [0, 0.05) is 6.54 Å². The van der Waals surface area contributed by atoms with Crippen molar-refractivity contribution in [3.8, 4) is 0 Å². The Bertz CT molecular complexity index is 331. The number of aliphatic hydroxyl groups excluding tert-OH is 1. The minimum Gasteiger partial charge on any atom is -0.395 e. The smallest absolute Gasteiger partial charge is 0.310 e. The average Bonchev–Trinajstić information content (AvgIpc) is 2.65. The summed E-state index contributed by atoms with van der Waals surface area (Å²) in [4.78, 5) is 10.0. The molecule has 0 aromatic carbocycles. The Morgan fingerprint density at radius 1 is 1.86 bits per heavy atom. The quantitative estimate of drug-likeness (QED) is 0.448. The fourth-order valence-electron chi connectivity index (χ4n) is 1.11. The van der Waals surface area contributed by atoms with Gasteiger partial charge in [-0.25, -0.2) is 0 Å². The third-order valence-electron chi connectivity index (χ3n) is 2.22. The lowest BCUT2D eigenvalue weighted by Gasteiger charge is -2.22. The Hall–Kier alpha value is -1.47. The first-order valence-corrected chi connectivity index (χ1v) is 4.04. The fraction of sp³-hybridized carbons (Fsp3) is 0.571. The zero-order valence-electron chi connectivity index (χ0n) is 7.73. The van der Waals surface area contributed by atoms with Crippen LogP contribution in [0.1, 0.15) is 12.6 Å². The number of nitrogens with two attached hydrogens (primary N) is 1. The van der Waals surface area contributed by atoms with Crippen LogP contribution in [0.5, 0.6) is 0 Å². The predicted octanol–water partition coefficient (Wildman–Crippen LogP) is -0.473. The van der Waals surface area contributed by atoms with Gasteiger partial charge in [-0.2, -0.15) is 5.10 Å². The highest BCUT2D eigenvalue weighted by molar-refractivity contribution is 5.38. The normalized spacial score (nSPS) is 15.1. The van der Waals surface area contributed by atoms with Crippen LogP contribution in [0.25, 0.3) is 0 Å². The van der Waals surface area contributed by atoms with E-state index in [0.717, 1.165) is 6.20 Å². The molecular weight excluding hydrogens is 188 g/mol. The molecule has 4 N–H and O–H groups in total. The van der Waals surface area contributed by atoms with Crippen LogP contribution in [0.15, 0.2) is 6.20 Å². The molecule has 0 fully saturated rings. The van der Waals surface area contributed by atoms with Gasteiger partial charge in [0.15, 0.2) is 0 Å². The zero-order chi connectivity index (χ0) is 10.8. The summed E-state index contributed by atoms with van der Waals surface area (Å²) < 4.78 is 0. The van der Waals surface area contributed by atoms with E-state index in [1.807, 2.05) is 0 Å². The number of nitrogens with zero attached hydrogens (tertiary/aromatic N) is 2. The number of aliphatic hydroxyl groups is 1. The maximum atomic E-state index is 10.6. The summed E-state index contributed by atoms with van der Waals surface area (Å²) in [6.07, 6.45) is 1.11. The van der Waals surface area contributed by atoms with Crippen molar-refractivity contribution < 1.29 is 10.0 Å². The topological polar surface area (TPSA) is 118 Å². The molecule has 0 saturated carbocycles. The zero-order valence-corrected chi connectivity index (χ0v) is 7.73. The Balaban J connectivity index is 3.17. The van der Waals surface area contributed by atoms with Crippen LogP contribution in [-0.4, -0.2) is 33.4 Å². The van der Waals surface area contributed by atoms with Crippen molar-refractivity contribution in [1.29, 1.82) is 0 Å². The molecule has 1 unspecified atom stereocenters. The van der Waals surface area contributed by atoms with E-state index in [4.69, 9.17) is 10.8 Å². The number of hydrogen-bond donors (Lipinski definition) is 3. The van der Waals surface area contributed by atoms with Gasteiger partial charge in [-0.05, 0) is 0 Å². The van der Waals surface area contributed by atoms with E-state index in [1.54, 1.807) is 6.92 Å². The Kier molecular flexibility index (Phi) is 2.82. The van der Waals surface area contributed by atoms with Crippen LogP contribution in [0, 0.1) is 10.1 Å². The molecule has 14 heavy (non-hydrogen) atoms. The molecule has 0 bridgehead atoms. The van der Waals surface area contributed by atoms with Gasteiger partial charge in [0.2, 0.25) is 0 Å². The van der Waals surface area contributed by atoms with Crippen LogP contribution in [0.3, 0.4) is 0 Å². The average molecular weight is 200 g/mol. The first kappa shape index (κ1) is 10.6. The maximum absolute atomic E-state index is 10.6. The molecule has 0 aliphatic carbocycles. The summed E-state index contributed by atoms with van der Waals surface area (Å²) in [7, 11) is 0. The Morgan fingerprint density at radius 2 is 2.50 bits per heavy atom. The molecule has 1 atom stereocenters. The van der Waals surface area contributed by atoms with E-state index in [0.29, 0.717) is 0 Å². The number of aromatic amines is 1. The van der Waals surface area contributed by atoms with Crippen LogP contribution in [0.4, 0.5) is 5.69 Å². The third kappa shape index (κ3) is 1.59. The monoisotopic (exact) mass is 200 g/mol. The van der Waals surface area contributed by atoms with Gasteiger partial charge >= 0.3 is 5.69 Å². The van der Waals surface area contributed by atoms with Crippen molar-refractivity contribution >= 4 is 5.69 Å². The van der Waals surface area contributed by atoms with Crippen molar-refractivity contribution in [2.45, 2.75) is 12.3 Å². The molecule has 0 spiro atoms. The first-order chi connectivity index (χ1) is 6.55. The van der Waals surface area contributed by atoms with Crippen LogP contribution in [-0.2, 0) is 5.41 Å². The lowest BCUT2D eigenvalue weighted by atomic mass is 9.87. The lowest BCUT2D eigenvalue weighted by Crippen LogP contribution is -2.36. The molecule has 0 saturated heterocycles. The minimum absolute atomic E-state index is 0.104. The Morgan fingerprint density at radius 3 is 2.93 bits per heavy atom. The predicted molar refractivity (Wildman–Crippen MR) is 48.7 cm³/mol. The second-order valence-electron chi connectivity index (χ2n) is 3.31. The number of hydrogen-bond acceptors (Lipinski definition) is 5. The second kappa shape index (κ2) is 3.72. The van der Waals surface area contributed by atoms with Crippen molar-refractivity contribution in [3.05, 3.63) is 22.0 Å². The van der Waals surface area contributed by atoms with E-state index in [2.05, 4.69) is 10.2 Å². The van der Waals surface area contributed by atoms with Gasteiger partial charge in [-0.15, -0.1) is 0 Å². The summed E-state index contributed by atoms with van der Waals surface area (Å²) in [6.45, 7) is 1.46. The van der Waals surface area contributed by atoms with Crippen molar-refractivity contribution in [1.82, 2.24) is 10.2 Å². The molecular formula is C7H12N4O3. The van der Waals surface area contributed by atoms with E-state index in [-0.39, 0.29) is 24.5 Å². The highest BCUT2D eigenvalue weighted by Gasteiger charge is 2.33. The molecule has 1 heterocycles. The summed E-state index contributed by atoms with van der Waals surface area (Å²) in [5, 5.41) is 25.8. The Labute approximate surface area is 80.1 Å². The highest BCUT2D eigenvalue weighted by atomic mass is 16.6. The summed E-state index contributed by atoms with van der Waals surface area (Å²) in [5.74, 6) is 0. The number of rotatable bonds is 4. The first-order valence-electron chi connectivity index (χ1n) is 4.04. The number of nitrogens with one attached hydrogen (secondary N) is 1. The van der Waals surface area contributed by atoms with Gasteiger partial charge in [-0.3, -0.25) is 15.2 Å². The van der Waals surface area contributed by atoms with Crippen LogP contribution in [0.2, 0.25) is 0 Å². The van der Waals surface area contributed by atoms with Crippen molar-refractivity contribution in [2.75, 3.05) is 13.2 Å². The number of aromatic nitrogens is 2. The van der Waals surface area contributed by atoms with E-state index < -0.39 is 10.3 Å². The molecule has 0 radical (unpaired) electrons. The van der Waals surface area contributed by atoms with E-state index in [9.17, 15) is 10.1 Å². The fourth-order valence-corrected chi connectivity index (χ4v) is 1.11. The molecule has 7 nitrogen and oxygen atoms in total. The molecule has 78 valence electrons. The van der Waals surface area contributed by atoms with Gasteiger partial charge in [0.1, 0.15) is 11.9 Å². The van der Waals surface area contributed by atoms with Crippen LogP contribution < -0.4 is 5.73 Å². The summed E-state index contributed by atoms with van der Waals surface area (Å²) in [6, 6.07) is 0. The molecule has 1 aromatic rings. The SMILES string of the molecule is CC(CN)(CO)c1[nH]ncc1[N+](=O)[O-]. The lowest BCUT2D eigenvalue weighted by molar-refractivity contribution is -0.386. The van der Waals surface area contributed by atoms with Gasteiger partial charge in [-0.1, -0.05) is 6.92 Å². The van der Waals surface area contributed by atoms with Crippen molar-refractivity contribution in [3.63, 3.8) is 0 Å². The molecule has 0 aliphatic heterocycles. The highest BCUT2D eigenvalue weighted by Crippen LogP contribution is 2.28. The van der Waals surface area contributed by atoms with Gasteiger partial charge in [0.05, 0.1) is 16.9 Å². The van der Waals surface area contributed by atoms with Crippen LogP contribution >= 0.6 is 0 Å². The molecule has 0 aliphatic rings. The second-order valence-corrected chi connectivity index (χ2v) is 3.31. The third-order valence-corrected chi connectivity index (χ3v) is 2.22. The largest absolute Gasteiger partial charge is 0.395 e. The number of H-pyrrole nitrogens is 1. The molecule has 7 heteroatoms. The molecule has 1 aromatic heterocycles. The minimum atomic E-state index is -0.848. The van der Waals surface area contributed by atoms with Crippen molar-refractivity contribution in [2.24, 2.45) is 5.73 Å². The number of nitro groups is 1. The molecule has 0 amide bonds. The maximum Gasteiger partial charge on any atom is 0.310 e.